The van der Waals surface area contributed by atoms with Gasteiger partial charge in [-0.2, -0.15) is 0 Å². The Morgan fingerprint density at radius 1 is 1.42 bits per heavy atom. The number of carbonyl (C=O) groups excluding carboxylic acids is 1. The number of para-hydroxylation sites is 1. The molecule has 2 aromatic rings. The number of aromatic amines is 1. The van der Waals surface area contributed by atoms with Crippen LogP contribution in [0.4, 0.5) is 0 Å². The average molecular weight is 327 g/mol. The molecule has 2 aliphatic carbocycles. The lowest BCUT2D eigenvalue weighted by Gasteiger charge is -2.60. The summed E-state index contributed by atoms with van der Waals surface area (Å²) in [6.45, 7) is 2.70. The highest BCUT2D eigenvalue weighted by Crippen LogP contribution is 2.57. The van der Waals surface area contributed by atoms with Crippen LogP contribution in [0.3, 0.4) is 0 Å². The molecule has 1 aromatic carbocycles. The Morgan fingerprint density at radius 2 is 2.21 bits per heavy atom. The first kappa shape index (κ1) is 15.3. The number of rotatable bonds is 4. The van der Waals surface area contributed by atoms with Crippen LogP contribution in [0.25, 0.3) is 10.9 Å². The van der Waals surface area contributed by atoms with E-state index in [1.165, 1.54) is 6.42 Å². The molecule has 4 rings (SSSR count). The van der Waals surface area contributed by atoms with Crippen LogP contribution in [0.5, 0.6) is 0 Å². The van der Waals surface area contributed by atoms with Gasteiger partial charge in [0.2, 0.25) is 0 Å². The molecular formula is C18H21N3O3. The number of nitrogens with one attached hydrogen (secondary N) is 2. The van der Waals surface area contributed by atoms with Crippen molar-refractivity contribution in [1.29, 1.82) is 0 Å². The number of hydrogen-bond acceptors (Lipinski definition) is 4. The zero-order valence-corrected chi connectivity index (χ0v) is 13.7. The molecule has 1 spiro atoms. The predicted octanol–water partition coefficient (Wildman–Crippen LogP) is 2.00. The van der Waals surface area contributed by atoms with Gasteiger partial charge < -0.3 is 15.0 Å². The number of nitrogens with zero attached hydrogens (tertiary/aromatic N) is 1. The number of aromatic nitrogens is 2. The molecule has 0 aliphatic heterocycles. The van der Waals surface area contributed by atoms with Gasteiger partial charge in [0.25, 0.3) is 11.5 Å². The number of ether oxygens (including phenoxy) is 1. The van der Waals surface area contributed by atoms with E-state index < -0.39 is 0 Å². The fourth-order valence-electron chi connectivity index (χ4n) is 4.06. The molecule has 6 nitrogen and oxygen atoms in total. The molecule has 2 atom stereocenters. The Balaban J connectivity index is 1.54. The van der Waals surface area contributed by atoms with Crippen LogP contribution in [0.15, 0.2) is 29.1 Å². The highest BCUT2D eigenvalue weighted by molar-refractivity contribution is 5.92. The summed E-state index contributed by atoms with van der Waals surface area (Å²) < 4.78 is 5.81. The Morgan fingerprint density at radius 3 is 2.92 bits per heavy atom. The molecular weight excluding hydrogens is 306 g/mol. The maximum atomic E-state index is 12.6. The van der Waals surface area contributed by atoms with Crippen molar-refractivity contribution in [2.24, 2.45) is 5.41 Å². The zero-order valence-electron chi connectivity index (χ0n) is 13.7. The summed E-state index contributed by atoms with van der Waals surface area (Å²) in [6, 6.07) is 7.13. The third-order valence-corrected chi connectivity index (χ3v) is 5.57. The van der Waals surface area contributed by atoms with Crippen LogP contribution in [-0.2, 0) is 4.74 Å². The van der Waals surface area contributed by atoms with Crippen molar-refractivity contribution in [3.63, 3.8) is 0 Å². The van der Waals surface area contributed by atoms with Gasteiger partial charge >= 0.3 is 0 Å². The van der Waals surface area contributed by atoms with Crippen LogP contribution in [0.2, 0.25) is 0 Å². The second-order valence-electron chi connectivity index (χ2n) is 6.72. The molecule has 6 heteroatoms. The lowest BCUT2D eigenvalue weighted by Crippen LogP contribution is -2.67. The summed E-state index contributed by atoms with van der Waals surface area (Å²) in [7, 11) is 0. The van der Waals surface area contributed by atoms with Crippen LogP contribution in [0, 0.1) is 5.41 Å². The van der Waals surface area contributed by atoms with Crippen LogP contribution in [-0.4, -0.2) is 34.6 Å². The minimum absolute atomic E-state index is 0.0769. The van der Waals surface area contributed by atoms with Crippen LogP contribution in [0.1, 0.15) is 43.2 Å². The fourth-order valence-corrected chi connectivity index (χ4v) is 4.06. The smallest absolute Gasteiger partial charge is 0.287 e. The van der Waals surface area contributed by atoms with Gasteiger partial charge in [0.05, 0.1) is 17.0 Å². The van der Waals surface area contributed by atoms with Gasteiger partial charge in [-0.05, 0) is 38.3 Å². The molecule has 0 unspecified atom stereocenters. The van der Waals surface area contributed by atoms with Crippen LogP contribution >= 0.6 is 0 Å². The topological polar surface area (TPSA) is 84.1 Å². The quantitative estimate of drug-likeness (QED) is 0.899. The van der Waals surface area contributed by atoms with Gasteiger partial charge in [0, 0.05) is 18.1 Å². The minimum Gasteiger partial charge on any atom is -0.378 e. The number of fused-ring (bicyclic) bond motifs is 1. The van der Waals surface area contributed by atoms with Crippen molar-refractivity contribution in [2.45, 2.75) is 44.8 Å². The van der Waals surface area contributed by atoms with Crippen LogP contribution < -0.4 is 10.9 Å². The summed E-state index contributed by atoms with van der Waals surface area (Å²) in [6.07, 6.45) is 4.43. The molecule has 2 aliphatic rings. The first-order chi connectivity index (χ1) is 11.6. The molecule has 0 bridgehead atoms. The average Bonchev–Trinajstić information content (AvgIpc) is 2.52. The maximum Gasteiger partial charge on any atom is 0.287 e. The Bertz CT molecular complexity index is 841. The van der Waals surface area contributed by atoms with Gasteiger partial charge in [-0.1, -0.05) is 18.6 Å². The van der Waals surface area contributed by atoms with Crippen molar-refractivity contribution >= 4 is 16.8 Å². The second-order valence-corrected chi connectivity index (χ2v) is 6.72. The molecule has 2 N–H and O–H groups in total. The third-order valence-electron chi connectivity index (χ3n) is 5.57. The SMILES string of the molecule is CCO[C@@H]1C[C@@H](NC(=O)c2nc3ccccc3c(=O)[nH]2)C12CCC2. The van der Waals surface area contributed by atoms with Crippen molar-refractivity contribution in [3.05, 3.63) is 40.4 Å². The van der Waals surface area contributed by atoms with E-state index in [1.807, 2.05) is 6.92 Å². The van der Waals surface area contributed by atoms with E-state index in [0.29, 0.717) is 17.5 Å². The highest BCUT2D eigenvalue weighted by Gasteiger charge is 2.59. The van der Waals surface area contributed by atoms with Crippen molar-refractivity contribution in [1.82, 2.24) is 15.3 Å². The number of amides is 1. The van der Waals surface area contributed by atoms with Gasteiger partial charge in [-0.3, -0.25) is 9.59 Å². The Labute approximate surface area is 139 Å². The van der Waals surface area contributed by atoms with E-state index in [4.69, 9.17) is 4.74 Å². The molecule has 1 amide bonds. The normalized spacial score (nSPS) is 24.4. The Kier molecular flexibility index (Phi) is 3.64. The number of hydrogen-bond donors (Lipinski definition) is 2. The van der Waals surface area contributed by atoms with E-state index in [9.17, 15) is 9.59 Å². The molecule has 1 heterocycles. The lowest BCUT2D eigenvalue weighted by molar-refractivity contribution is -0.169. The Hall–Kier alpha value is -2.21. The first-order valence-corrected chi connectivity index (χ1v) is 8.55. The molecule has 2 fully saturated rings. The van der Waals surface area contributed by atoms with Gasteiger partial charge in [-0.15, -0.1) is 0 Å². The summed E-state index contributed by atoms with van der Waals surface area (Å²) in [5, 5.41) is 3.54. The van der Waals surface area contributed by atoms with E-state index in [1.54, 1.807) is 24.3 Å². The van der Waals surface area contributed by atoms with Crippen molar-refractivity contribution in [3.8, 4) is 0 Å². The molecule has 0 radical (unpaired) electrons. The number of carbonyl (C=O) groups is 1. The van der Waals surface area contributed by atoms with E-state index in [2.05, 4.69) is 15.3 Å². The molecule has 2 saturated carbocycles. The third kappa shape index (κ3) is 2.24. The van der Waals surface area contributed by atoms with Crippen molar-refractivity contribution < 1.29 is 9.53 Å². The minimum atomic E-state index is -0.316. The predicted molar refractivity (Wildman–Crippen MR) is 89.9 cm³/mol. The highest BCUT2D eigenvalue weighted by atomic mass is 16.5. The molecule has 1 aromatic heterocycles. The zero-order chi connectivity index (χ0) is 16.7. The summed E-state index contributed by atoms with van der Waals surface area (Å²) >= 11 is 0. The van der Waals surface area contributed by atoms with E-state index in [0.717, 1.165) is 19.3 Å². The van der Waals surface area contributed by atoms with Crippen molar-refractivity contribution in [2.75, 3.05) is 6.61 Å². The van der Waals surface area contributed by atoms with Gasteiger partial charge in [0.1, 0.15) is 0 Å². The molecule has 24 heavy (non-hydrogen) atoms. The maximum absolute atomic E-state index is 12.6. The summed E-state index contributed by atoms with van der Waals surface area (Å²) in [4.78, 5) is 31.6. The lowest BCUT2D eigenvalue weighted by atomic mass is 9.51. The molecule has 0 saturated heterocycles. The van der Waals surface area contributed by atoms with Gasteiger partial charge in [0.15, 0.2) is 5.82 Å². The fraction of sp³-hybridized carbons (Fsp3) is 0.500. The summed E-state index contributed by atoms with van der Waals surface area (Å²) in [5.74, 6) is -0.239. The molecule has 126 valence electrons. The van der Waals surface area contributed by atoms with Gasteiger partial charge in [-0.25, -0.2) is 4.98 Å². The summed E-state index contributed by atoms with van der Waals surface area (Å²) in [5.41, 5.74) is 0.332. The second kappa shape index (κ2) is 5.70. The van der Waals surface area contributed by atoms with E-state index in [-0.39, 0.29) is 34.9 Å². The monoisotopic (exact) mass is 327 g/mol. The van der Waals surface area contributed by atoms with E-state index >= 15 is 0 Å². The number of benzene rings is 1. The first-order valence-electron chi connectivity index (χ1n) is 8.55. The standard InChI is InChI=1S/C18H21N3O3/c1-2-24-14-10-13(18(14)8-5-9-18)20-17(23)15-19-12-7-4-3-6-11(12)16(22)21-15/h3-4,6-7,13-14H,2,5,8-10H2,1H3,(H,20,23)(H,19,21,22)/t13-,14-/m1/s1. The largest absolute Gasteiger partial charge is 0.378 e. The number of H-pyrrole nitrogens is 1.